The van der Waals surface area contributed by atoms with E-state index in [1.165, 1.54) is 25.7 Å². The molecule has 8 heteroatoms. The Kier molecular flexibility index (Phi) is 12.8. The Morgan fingerprint density at radius 3 is 1.40 bits per heavy atom. The van der Waals surface area contributed by atoms with Crippen LogP contribution in [-0.4, -0.2) is 27.1 Å². The monoisotopic (exact) mass is 468 g/mol. The number of hydrogen-bond donors (Lipinski definition) is 1. The van der Waals surface area contributed by atoms with Gasteiger partial charge >= 0.3 is 0 Å². The minimum Gasteiger partial charge on any atom is -0.396 e. The molecule has 2 saturated carbocycles. The highest BCUT2D eigenvalue weighted by atomic mass is 36.0. The molecule has 4 aliphatic carbocycles. The molecule has 2 fully saturated rings. The molecule has 4 bridgehead atoms. The zero-order chi connectivity index (χ0) is 18.8. The van der Waals surface area contributed by atoms with Gasteiger partial charge in [-0.15, -0.1) is 34.8 Å². The van der Waals surface area contributed by atoms with E-state index in [1.54, 1.807) is 0 Å². The molecule has 0 aromatic rings. The molecule has 4 aliphatic rings. The Balaban J connectivity index is 0.000000185. The summed E-state index contributed by atoms with van der Waals surface area (Å²) in [5.74, 6) is 5.53. The number of halogens is 5. The lowest BCUT2D eigenvalue weighted by molar-refractivity contribution is 0.207. The summed E-state index contributed by atoms with van der Waals surface area (Å²) in [6.45, 7) is 0.394. The Morgan fingerprint density at radius 1 is 0.840 bits per heavy atom. The maximum absolute atomic E-state index is 9.09. The summed E-state index contributed by atoms with van der Waals surface area (Å²) >= 11 is 15.3. The Labute approximate surface area is 177 Å². The molecule has 0 heterocycles. The number of rotatable bonds is 2. The molecular weight excluding hydrogens is 446 g/mol. The molecule has 2 nitrogen and oxygen atoms in total. The van der Waals surface area contributed by atoms with E-state index in [1.807, 2.05) is 0 Å². The fraction of sp³-hybridized carbons (Fsp3) is 0.765. The van der Waals surface area contributed by atoms with Crippen LogP contribution in [0.25, 0.3) is 0 Å². The number of allylic oxidation sites excluding steroid dienone is 4. The van der Waals surface area contributed by atoms with Gasteiger partial charge in [-0.1, -0.05) is 24.3 Å². The van der Waals surface area contributed by atoms with Crippen molar-refractivity contribution in [1.82, 2.24) is 0 Å². The van der Waals surface area contributed by atoms with E-state index in [0.717, 1.165) is 35.5 Å². The summed E-state index contributed by atoms with van der Waals surface area (Å²) in [7, 11) is 7.36. The van der Waals surface area contributed by atoms with E-state index in [0.29, 0.717) is 12.5 Å². The highest BCUT2D eigenvalue weighted by Crippen LogP contribution is 2.44. The van der Waals surface area contributed by atoms with Gasteiger partial charge in [0.25, 0.3) is 0 Å². The van der Waals surface area contributed by atoms with Crippen LogP contribution in [0.4, 0.5) is 0 Å². The van der Waals surface area contributed by atoms with Crippen LogP contribution in [0.1, 0.15) is 25.7 Å². The van der Waals surface area contributed by atoms with Gasteiger partial charge in [0.15, 0.2) is 0 Å². The van der Waals surface area contributed by atoms with Crippen molar-refractivity contribution in [3.05, 3.63) is 24.3 Å². The van der Waals surface area contributed by atoms with Crippen molar-refractivity contribution in [2.75, 3.05) is 17.8 Å². The fourth-order valence-electron chi connectivity index (χ4n) is 4.18. The number of aliphatic hydroxyl groups excluding tert-OH is 1. The number of alkyl halides is 3. The third-order valence-electron chi connectivity index (χ3n) is 5.27. The smallest absolute Gasteiger partial charge is 0.211 e. The van der Waals surface area contributed by atoms with Crippen LogP contribution in [0.5, 0.6) is 0 Å². The van der Waals surface area contributed by atoms with Crippen LogP contribution in [0.3, 0.4) is 0 Å². The van der Waals surface area contributed by atoms with Crippen LogP contribution in [0, 0.1) is 35.5 Å². The largest absolute Gasteiger partial charge is 0.396 e. The summed E-state index contributed by atoms with van der Waals surface area (Å²) in [4.78, 5) is 0. The van der Waals surface area contributed by atoms with Gasteiger partial charge in [0.05, 0.1) is 5.34 Å². The minimum atomic E-state index is -1.67. The van der Waals surface area contributed by atoms with Gasteiger partial charge in [-0.3, -0.25) is 0 Å². The molecular formula is C17H25Cl5O2S. The second kappa shape index (κ2) is 13.3. The third-order valence-corrected chi connectivity index (χ3v) is 5.66. The van der Waals surface area contributed by atoms with E-state index < -0.39 is 9.23 Å². The summed E-state index contributed by atoms with van der Waals surface area (Å²) in [5.41, 5.74) is 0. The molecule has 6 unspecified atom stereocenters. The molecule has 0 aliphatic heterocycles. The topological polar surface area (TPSA) is 37.3 Å². The zero-order valence-corrected chi connectivity index (χ0v) is 18.5. The van der Waals surface area contributed by atoms with Crippen molar-refractivity contribution in [1.29, 1.82) is 0 Å². The summed E-state index contributed by atoms with van der Waals surface area (Å²) in [6.07, 6.45) is 14.6. The lowest BCUT2D eigenvalue weighted by Gasteiger charge is -2.13. The van der Waals surface area contributed by atoms with Crippen molar-refractivity contribution in [3.63, 3.8) is 0 Å². The maximum atomic E-state index is 9.09. The fourth-order valence-corrected chi connectivity index (χ4v) is 4.53. The molecule has 1 N–H and O–H groups in total. The van der Waals surface area contributed by atoms with Crippen molar-refractivity contribution in [2.45, 2.75) is 25.7 Å². The van der Waals surface area contributed by atoms with Crippen molar-refractivity contribution < 1.29 is 9.32 Å². The Bertz CT molecular complexity index is 422. The maximum Gasteiger partial charge on any atom is 0.211 e. The van der Waals surface area contributed by atoms with Gasteiger partial charge in [-0.05, 0) is 61.2 Å². The number of aliphatic hydroxyl groups is 1. The molecule has 0 spiro atoms. The molecule has 0 amide bonds. The van der Waals surface area contributed by atoms with E-state index >= 15 is 0 Å². The van der Waals surface area contributed by atoms with Gasteiger partial charge in [0.2, 0.25) is 9.23 Å². The van der Waals surface area contributed by atoms with Gasteiger partial charge in [-0.2, -0.15) is 0 Å². The van der Waals surface area contributed by atoms with E-state index in [9.17, 15) is 0 Å². The normalized spacial score (nSPS) is 35.6. The predicted molar refractivity (Wildman–Crippen MR) is 112 cm³/mol. The Morgan fingerprint density at radius 2 is 1.24 bits per heavy atom. The van der Waals surface area contributed by atoms with Crippen molar-refractivity contribution in [3.8, 4) is 0 Å². The average molecular weight is 471 g/mol. The van der Waals surface area contributed by atoms with Gasteiger partial charge in [0.1, 0.15) is 0 Å². The second-order valence-electron chi connectivity index (χ2n) is 6.70. The highest BCUT2D eigenvalue weighted by Gasteiger charge is 2.35. The Hall–Kier alpha value is 1.04. The van der Waals surface area contributed by atoms with E-state index in [4.69, 9.17) is 44.1 Å². The van der Waals surface area contributed by atoms with Gasteiger partial charge in [-0.25, -0.2) is 4.21 Å². The van der Waals surface area contributed by atoms with E-state index in [2.05, 4.69) is 45.7 Å². The SMILES string of the molecule is ClCC1CC2C=CC1C2.ClCCl.O=S(Cl)Cl.OCC1CC2C=CC1C2. The van der Waals surface area contributed by atoms with Crippen LogP contribution in [-0.2, 0) is 9.23 Å². The lowest BCUT2D eigenvalue weighted by Crippen LogP contribution is -2.10. The van der Waals surface area contributed by atoms with Crippen LogP contribution < -0.4 is 0 Å². The molecule has 0 radical (unpaired) electrons. The molecule has 0 aromatic carbocycles. The summed E-state index contributed by atoms with van der Waals surface area (Å²) in [6, 6.07) is 0. The quantitative estimate of drug-likeness (QED) is 0.301. The first-order chi connectivity index (χ1) is 11.9. The molecule has 4 rings (SSSR count). The van der Waals surface area contributed by atoms with Gasteiger partial charge < -0.3 is 5.11 Å². The van der Waals surface area contributed by atoms with Gasteiger partial charge in [0, 0.05) is 33.9 Å². The first-order valence-corrected chi connectivity index (χ1v) is 12.7. The predicted octanol–water partition coefficient (Wildman–Crippen LogP) is 6.09. The summed E-state index contributed by atoms with van der Waals surface area (Å²) < 4.78 is 9.09. The summed E-state index contributed by atoms with van der Waals surface area (Å²) in [5, 5.41) is 9.05. The number of hydrogen-bond acceptors (Lipinski definition) is 2. The first kappa shape index (κ1) is 24.1. The molecule has 25 heavy (non-hydrogen) atoms. The molecule has 0 saturated heterocycles. The highest BCUT2D eigenvalue weighted by molar-refractivity contribution is 8.26. The second-order valence-corrected chi connectivity index (χ2v) is 10.3. The van der Waals surface area contributed by atoms with Crippen LogP contribution in [0.2, 0.25) is 0 Å². The average Bonchev–Trinajstić information content (AvgIpc) is 3.35. The lowest BCUT2D eigenvalue weighted by atomic mass is 9.95. The first-order valence-electron chi connectivity index (χ1n) is 8.34. The third kappa shape index (κ3) is 8.72. The van der Waals surface area contributed by atoms with Crippen molar-refractivity contribution >= 4 is 65.4 Å². The van der Waals surface area contributed by atoms with Crippen molar-refractivity contribution in [2.24, 2.45) is 35.5 Å². The molecule has 146 valence electrons. The molecule has 6 atom stereocenters. The van der Waals surface area contributed by atoms with Crippen LogP contribution >= 0.6 is 56.2 Å². The van der Waals surface area contributed by atoms with E-state index in [-0.39, 0.29) is 5.34 Å². The molecule has 0 aromatic heterocycles. The van der Waals surface area contributed by atoms with Crippen LogP contribution in [0.15, 0.2) is 24.3 Å². The number of fused-ring (bicyclic) bond motifs is 4. The zero-order valence-electron chi connectivity index (χ0n) is 13.9. The minimum absolute atomic E-state index is 0.194. The standard InChI is InChI=1S/C8H11Cl.C8H12O.CH2Cl2.Cl2OS/c2*9-5-8-4-6-1-2-7(8)3-6;2-1-3;1-4(2)3/h1-2,6-8H,3-5H2;1-2,6-9H,3-5H2;1H2;.